The molecule has 0 saturated heterocycles. The molecule has 0 aliphatic rings. The minimum absolute atomic E-state index is 0.0151. The highest BCUT2D eigenvalue weighted by Crippen LogP contribution is 2.38. The summed E-state index contributed by atoms with van der Waals surface area (Å²) in [4.78, 5) is 12.8. The number of aromatic hydroxyl groups is 2. The highest BCUT2D eigenvalue weighted by atomic mass is 16.5. The number of carbonyl (C=O) groups is 1. The zero-order chi connectivity index (χ0) is 23.3. The summed E-state index contributed by atoms with van der Waals surface area (Å²) in [5.41, 5.74) is 1.35. The lowest BCUT2D eigenvalue weighted by Gasteiger charge is -2.18. The summed E-state index contributed by atoms with van der Waals surface area (Å²) in [6.07, 6.45) is 12.7. The molecule has 0 bridgehead atoms. The van der Waals surface area contributed by atoms with Crippen LogP contribution in [0.3, 0.4) is 0 Å². The molecule has 2 N–H and O–H groups in total. The summed E-state index contributed by atoms with van der Waals surface area (Å²) >= 11 is 0. The molecular weight excluding hydrogens is 400 g/mol. The second-order valence-corrected chi connectivity index (χ2v) is 8.93. The fourth-order valence-corrected chi connectivity index (χ4v) is 4.00. The molecule has 0 aromatic heterocycles. The Morgan fingerprint density at radius 2 is 1.38 bits per heavy atom. The molecular formula is C28H40O4. The number of benzene rings is 2. The lowest BCUT2D eigenvalue weighted by molar-refractivity contribution is 0.103. The Balaban J connectivity index is 1.86. The zero-order valence-electron chi connectivity index (χ0n) is 20.0. The van der Waals surface area contributed by atoms with Crippen LogP contribution in [0.2, 0.25) is 0 Å². The number of carbonyl (C=O) groups excluding carboxylic acids is 1. The van der Waals surface area contributed by atoms with Crippen molar-refractivity contribution in [3.05, 3.63) is 53.1 Å². The van der Waals surface area contributed by atoms with E-state index < -0.39 is 0 Å². The average molecular weight is 441 g/mol. The zero-order valence-corrected chi connectivity index (χ0v) is 20.0. The SMILES string of the molecule is CCCCCCCCCCCCOc1ccc(C(=O)c2ccc(O)cc2)c(O)c1C(C)C. The van der Waals surface area contributed by atoms with Gasteiger partial charge in [-0.05, 0) is 48.7 Å². The molecule has 0 spiro atoms. The fourth-order valence-electron chi connectivity index (χ4n) is 4.00. The summed E-state index contributed by atoms with van der Waals surface area (Å²) in [5.74, 6) is 0.481. The number of unbranched alkanes of at least 4 members (excludes halogenated alkanes) is 9. The summed E-state index contributed by atoms with van der Waals surface area (Å²) in [5, 5.41) is 20.3. The largest absolute Gasteiger partial charge is 0.508 e. The summed E-state index contributed by atoms with van der Waals surface area (Å²) in [6, 6.07) is 9.47. The summed E-state index contributed by atoms with van der Waals surface area (Å²) in [6.45, 7) is 6.83. The van der Waals surface area contributed by atoms with Gasteiger partial charge >= 0.3 is 0 Å². The van der Waals surface area contributed by atoms with E-state index in [1.54, 1.807) is 24.3 Å². The van der Waals surface area contributed by atoms with Crippen molar-refractivity contribution in [2.45, 2.75) is 90.9 Å². The van der Waals surface area contributed by atoms with Crippen LogP contribution >= 0.6 is 0 Å². The molecule has 0 atom stereocenters. The van der Waals surface area contributed by atoms with Gasteiger partial charge in [0.1, 0.15) is 17.2 Å². The van der Waals surface area contributed by atoms with Gasteiger partial charge in [-0.2, -0.15) is 0 Å². The average Bonchev–Trinajstić information content (AvgIpc) is 2.77. The second-order valence-electron chi connectivity index (χ2n) is 8.93. The topological polar surface area (TPSA) is 66.8 Å². The number of phenols is 2. The maximum atomic E-state index is 12.8. The van der Waals surface area contributed by atoms with Crippen molar-refractivity contribution in [1.29, 1.82) is 0 Å². The predicted octanol–water partition coefficient (Wildman–Crippen LogP) is 7.75. The molecule has 0 radical (unpaired) electrons. The molecule has 0 heterocycles. The number of ether oxygens (including phenoxy) is 1. The van der Waals surface area contributed by atoms with Gasteiger partial charge in [-0.1, -0.05) is 78.6 Å². The van der Waals surface area contributed by atoms with Crippen molar-refractivity contribution in [1.82, 2.24) is 0 Å². The number of hydrogen-bond donors (Lipinski definition) is 2. The van der Waals surface area contributed by atoms with Gasteiger partial charge in [0.15, 0.2) is 5.78 Å². The number of hydrogen-bond acceptors (Lipinski definition) is 4. The molecule has 0 fully saturated rings. The fraction of sp³-hybridized carbons (Fsp3) is 0.536. The van der Waals surface area contributed by atoms with E-state index in [1.165, 1.54) is 63.5 Å². The van der Waals surface area contributed by atoms with Crippen LogP contribution in [-0.2, 0) is 0 Å². The number of rotatable bonds is 15. The van der Waals surface area contributed by atoms with Gasteiger partial charge in [-0.25, -0.2) is 0 Å². The van der Waals surface area contributed by atoms with E-state index in [0.29, 0.717) is 23.5 Å². The Kier molecular flexibility index (Phi) is 11.1. The molecule has 0 amide bonds. The molecule has 4 heteroatoms. The van der Waals surface area contributed by atoms with E-state index in [2.05, 4.69) is 6.92 Å². The van der Waals surface area contributed by atoms with Gasteiger partial charge in [0.2, 0.25) is 0 Å². The Hall–Kier alpha value is -2.49. The van der Waals surface area contributed by atoms with Gasteiger partial charge in [-0.3, -0.25) is 4.79 Å². The molecule has 0 aliphatic carbocycles. The van der Waals surface area contributed by atoms with E-state index in [1.807, 2.05) is 13.8 Å². The highest BCUT2D eigenvalue weighted by Gasteiger charge is 2.21. The van der Waals surface area contributed by atoms with Crippen LogP contribution in [0.15, 0.2) is 36.4 Å². The first-order chi connectivity index (χ1) is 15.5. The standard InChI is InChI=1S/C28H40O4/c1-4-5-6-7-8-9-10-11-12-13-20-32-25-19-18-24(28(31)26(25)21(2)3)27(30)22-14-16-23(29)17-15-22/h14-19,21,29,31H,4-13,20H2,1-3H3. The van der Waals surface area contributed by atoms with Crippen molar-refractivity contribution in [2.75, 3.05) is 6.61 Å². The maximum absolute atomic E-state index is 12.8. The number of ketones is 1. The number of phenolic OH excluding ortho intramolecular Hbond substituents is 2. The summed E-state index contributed by atoms with van der Waals surface area (Å²) in [7, 11) is 0. The molecule has 0 saturated carbocycles. The third-order valence-electron chi connectivity index (χ3n) is 5.88. The molecule has 2 rings (SSSR count). The summed E-state index contributed by atoms with van der Waals surface area (Å²) < 4.78 is 6.00. The lowest BCUT2D eigenvalue weighted by atomic mass is 9.94. The Labute approximate surface area is 193 Å². The third-order valence-corrected chi connectivity index (χ3v) is 5.88. The molecule has 0 unspecified atom stereocenters. The third kappa shape index (κ3) is 7.89. The quantitative estimate of drug-likeness (QED) is 0.219. The maximum Gasteiger partial charge on any atom is 0.196 e. The van der Waals surface area contributed by atoms with Crippen LogP contribution in [-0.4, -0.2) is 22.6 Å². The van der Waals surface area contributed by atoms with E-state index in [9.17, 15) is 15.0 Å². The highest BCUT2D eigenvalue weighted by molar-refractivity contribution is 6.11. The smallest absolute Gasteiger partial charge is 0.196 e. The van der Waals surface area contributed by atoms with E-state index >= 15 is 0 Å². The van der Waals surface area contributed by atoms with Crippen LogP contribution in [0.25, 0.3) is 0 Å². The van der Waals surface area contributed by atoms with Crippen molar-refractivity contribution in [3.63, 3.8) is 0 Å². The van der Waals surface area contributed by atoms with Crippen molar-refractivity contribution in [3.8, 4) is 17.2 Å². The van der Waals surface area contributed by atoms with Gasteiger partial charge in [0.25, 0.3) is 0 Å². The van der Waals surface area contributed by atoms with E-state index in [4.69, 9.17) is 4.74 Å². The van der Waals surface area contributed by atoms with Gasteiger partial charge < -0.3 is 14.9 Å². The minimum Gasteiger partial charge on any atom is -0.508 e. The van der Waals surface area contributed by atoms with Crippen molar-refractivity contribution < 1.29 is 19.7 Å². The van der Waals surface area contributed by atoms with Crippen molar-refractivity contribution in [2.24, 2.45) is 0 Å². The molecule has 4 nitrogen and oxygen atoms in total. The Bertz CT molecular complexity index is 824. The first kappa shape index (κ1) is 25.8. The van der Waals surface area contributed by atoms with Gasteiger partial charge in [-0.15, -0.1) is 0 Å². The lowest BCUT2D eigenvalue weighted by Crippen LogP contribution is -2.07. The van der Waals surface area contributed by atoms with E-state index in [0.717, 1.165) is 12.8 Å². The van der Waals surface area contributed by atoms with Crippen LogP contribution in [0.1, 0.15) is 112 Å². The van der Waals surface area contributed by atoms with Gasteiger partial charge in [0.05, 0.1) is 12.2 Å². The molecule has 0 aliphatic heterocycles. The Morgan fingerprint density at radius 1 is 0.812 bits per heavy atom. The first-order valence-corrected chi connectivity index (χ1v) is 12.3. The van der Waals surface area contributed by atoms with E-state index in [-0.39, 0.29) is 28.8 Å². The normalized spacial score (nSPS) is 11.1. The monoisotopic (exact) mass is 440 g/mol. The minimum atomic E-state index is -0.273. The molecule has 2 aromatic rings. The van der Waals surface area contributed by atoms with Crippen LogP contribution in [0.4, 0.5) is 0 Å². The van der Waals surface area contributed by atoms with Crippen LogP contribution < -0.4 is 4.74 Å². The predicted molar refractivity (Wildman–Crippen MR) is 131 cm³/mol. The Morgan fingerprint density at radius 3 is 1.94 bits per heavy atom. The first-order valence-electron chi connectivity index (χ1n) is 12.3. The van der Waals surface area contributed by atoms with Crippen molar-refractivity contribution >= 4 is 5.78 Å². The molecule has 176 valence electrons. The van der Waals surface area contributed by atoms with Crippen LogP contribution in [0, 0.1) is 0 Å². The molecule has 2 aromatic carbocycles. The van der Waals surface area contributed by atoms with Gasteiger partial charge in [0, 0.05) is 11.1 Å². The molecule has 32 heavy (non-hydrogen) atoms. The van der Waals surface area contributed by atoms with Crippen LogP contribution in [0.5, 0.6) is 17.2 Å². The second kappa shape index (κ2) is 13.8.